The van der Waals surface area contributed by atoms with Crippen molar-refractivity contribution in [3.8, 4) is 10.4 Å². The zero-order valence-corrected chi connectivity index (χ0v) is 19.0. The quantitative estimate of drug-likeness (QED) is 0.589. The molecule has 31 heavy (non-hydrogen) atoms. The van der Waals surface area contributed by atoms with Crippen LogP contribution >= 0.6 is 11.3 Å². The van der Waals surface area contributed by atoms with E-state index in [0.717, 1.165) is 33.6 Å². The first-order valence-corrected chi connectivity index (χ1v) is 12.6. The zero-order valence-electron chi connectivity index (χ0n) is 17.4. The van der Waals surface area contributed by atoms with Gasteiger partial charge in [0.2, 0.25) is 10.0 Å². The summed E-state index contributed by atoms with van der Waals surface area (Å²) < 4.78 is 28.2. The number of aryl methyl sites for hydroxylation is 2. The van der Waals surface area contributed by atoms with E-state index in [1.807, 2.05) is 31.2 Å². The van der Waals surface area contributed by atoms with Crippen molar-refractivity contribution in [3.63, 3.8) is 0 Å². The second-order valence-electron chi connectivity index (χ2n) is 7.84. The molecule has 3 aromatic rings. The third kappa shape index (κ3) is 4.65. The van der Waals surface area contributed by atoms with Crippen LogP contribution in [0.15, 0.2) is 58.8 Å². The van der Waals surface area contributed by atoms with Gasteiger partial charge >= 0.3 is 0 Å². The first-order valence-electron chi connectivity index (χ1n) is 10.3. The molecule has 0 bridgehead atoms. The largest absolute Gasteiger partial charge is 0.388 e. The van der Waals surface area contributed by atoms with Crippen molar-refractivity contribution < 1.29 is 18.3 Å². The van der Waals surface area contributed by atoms with Crippen LogP contribution in [-0.2, 0) is 22.9 Å². The molecule has 1 aliphatic rings. The fourth-order valence-electron chi connectivity index (χ4n) is 3.96. The van der Waals surface area contributed by atoms with Crippen LogP contribution in [0.5, 0.6) is 0 Å². The lowest BCUT2D eigenvalue weighted by atomic mass is 9.95. The van der Waals surface area contributed by atoms with E-state index >= 15 is 0 Å². The number of aliphatic hydroxyl groups is 1. The summed E-state index contributed by atoms with van der Waals surface area (Å²) in [6, 6.07) is 15.3. The summed E-state index contributed by atoms with van der Waals surface area (Å²) in [6.45, 7) is 2.32. The molecule has 5 nitrogen and oxygen atoms in total. The Kier molecular flexibility index (Phi) is 6.39. The number of benzene rings is 2. The van der Waals surface area contributed by atoms with Crippen LogP contribution in [0.25, 0.3) is 10.4 Å². The monoisotopic (exact) mass is 455 g/mol. The third-order valence-corrected chi connectivity index (χ3v) is 8.68. The molecule has 0 fully saturated rings. The molecule has 0 saturated heterocycles. The van der Waals surface area contributed by atoms with E-state index in [1.165, 1.54) is 11.3 Å². The minimum atomic E-state index is -3.60. The Hall–Kier alpha value is -2.32. The first-order chi connectivity index (χ1) is 14.9. The molecular weight excluding hydrogens is 430 g/mol. The molecule has 0 amide bonds. The topological polar surface area (TPSA) is 74.7 Å². The van der Waals surface area contributed by atoms with Crippen molar-refractivity contribution in [2.45, 2.75) is 31.1 Å². The number of Topliss-reactive ketones (excluding diaryl/α,β-unsaturated/α-hetero) is 1. The summed E-state index contributed by atoms with van der Waals surface area (Å²) >= 11 is 1.44. The van der Waals surface area contributed by atoms with Crippen molar-refractivity contribution in [2.24, 2.45) is 0 Å². The summed E-state index contributed by atoms with van der Waals surface area (Å²) in [5, 5.41) is 10.9. The van der Waals surface area contributed by atoms with Crippen LogP contribution < -0.4 is 0 Å². The van der Waals surface area contributed by atoms with Crippen LogP contribution in [0.3, 0.4) is 0 Å². The smallest absolute Gasteiger partial charge is 0.243 e. The van der Waals surface area contributed by atoms with E-state index in [0.29, 0.717) is 36.4 Å². The Labute approximate surface area is 187 Å². The molecule has 0 radical (unpaired) electrons. The minimum Gasteiger partial charge on any atom is -0.388 e. The standard InChI is InChI=1S/C24H25NO4S2/c1-17-4-2-5-21(12-17)24-14-22(16-30-24)31(28,29)25-10-3-6-18-7-8-20(23(27)15-26)13-19(18)9-11-25/h2,4-5,7-8,12-14,16,26H,3,6,9-11,15H2,1H3. The maximum Gasteiger partial charge on any atom is 0.243 e. The van der Waals surface area contributed by atoms with Gasteiger partial charge < -0.3 is 5.11 Å². The molecule has 0 unspecified atom stereocenters. The molecule has 162 valence electrons. The van der Waals surface area contributed by atoms with Crippen LogP contribution in [-0.4, -0.2) is 43.3 Å². The summed E-state index contributed by atoms with van der Waals surface area (Å²) in [5.74, 6) is -0.323. The van der Waals surface area contributed by atoms with Crippen molar-refractivity contribution in [3.05, 3.63) is 76.2 Å². The highest BCUT2D eigenvalue weighted by atomic mass is 32.2. The Morgan fingerprint density at radius 1 is 1.06 bits per heavy atom. The van der Waals surface area contributed by atoms with Gasteiger partial charge in [0.1, 0.15) is 6.61 Å². The molecule has 0 aliphatic carbocycles. The van der Waals surface area contributed by atoms with Crippen molar-refractivity contribution in [1.29, 1.82) is 0 Å². The molecule has 0 saturated carbocycles. The van der Waals surface area contributed by atoms with E-state index < -0.39 is 16.6 Å². The van der Waals surface area contributed by atoms with Gasteiger partial charge in [-0.2, -0.15) is 4.31 Å². The lowest BCUT2D eigenvalue weighted by Crippen LogP contribution is -2.35. The average Bonchev–Trinajstić information content (AvgIpc) is 3.25. The molecule has 0 spiro atoms. The number of fused-ring (bicyclic) bond motifs is 1. The molecule has 2 heterocycles. The van der Waals surface area contributed by atoms with Crippen molar-refractivity contribution >= 4 is 27.1 Å². The Bertz CT molecular complexity index is 1210. The highest BCUT2D eigenvalue weighted by Gasteiger charge is 2.27. The fourth-order valence-corrected chi connectivity index (χ4v) is 6.70. The normalized spacial score (nSPS) is 15.2. The van der Waals surface area contributed by atoms with Gasteiger partial charge in [-0.3, -0.25) is 4.79 Å². The fraction of sp³-hybridized carbons (Fsp3) is 0.292. The van der Waals surface area contributed by atoms with Gasteiger partial charge in [0, 0.05) is 28.9 Å². The SMILES string of the molecule is Cc1cccc(-c2cc(S(=O)(=O)N3CCCc4ccc(C(=O)CO)cc4CC3)cs2)c1. The highest BCUT2D eigenvalue weighted by molar-refractivity contribution is 7.89. The van der Waals surface area contributed by atoms with Gasteiger partial charge in [0.15, 0.2) is 5.78 Å². The third-order valence-electron chi connectivity index (χ3n) is 5.67. The number of ketones is 1. The molecule has 1 N–H and O–H groups in total. The predicted molar refractivity (Wildman–Crippen MR) is 123 cm³/mol. The molecular formula is C24H25NO4S2. The molecule has 1 aliphatic heterocycles. The molecule has 7 heteroatoms. The Morgan fingerprint density at radius 2 is 1.90 bits per heavy atom. The number of thiophene rings is 1. The van der Waals surface area contributed by atoms with Crippen molar-refractivity contribution in [1.82, 2.24) is 4.31 Å². The lowest BCUT2D eigenvalue weighted by Gasteiger charge is -2.25. The lowest BCUT2D eigenvalue weighted by molar-refractivity contribution is 0.0903. The van der Waals surface area contributed by atoms with Gasteiger partial charge in [-0.25, -0.2) is 8.42 Å². The van der Waals surface area contributed by atoms with E-state index in [-0.39, 0.29) is 5.78 Å². The predicted octanol–water partition coefficient (Wildman–Crippen LogP) is 4.08. The Morgan fingerprint density at radius 3 is 2.68 bits per heavy atom. The highest BCUT2D eigenvalue weighted by Crippen LogP contribution is 2.32. The summed E-state index contributed by atoms with van der Waals surface area (Å²) in [5.41, 5.74) is 4.75. The summed E-state index contributed by atoms with van der Waals surface area (Å²) in [7, 11) is -3.60. The zero-order chi connectivity index (χ0) is 22.0. The maximum absolute atomic E-state index is 13.3. The van der Waals surface area contributed by atoms with Crippen LogP contribution in [0.4, 0.5) is 0 Å². The van der Waals surface area contributed by atoms with Crippen LogP contribution in [0, 0.1) is 6.92 Å². The number of hydrogen-bond acceptors (Lipinski definition) is 5. The number of nitrogens with zero attached hydrogens (tertiary/aromatic N) is 1. The average molecular weight is 456 g/mol. The number of rotatable bonds is 5. The van der Waals surface area contributed by atoms with Gasteiger partial charge in [0.05, 0.1) is 4.90 Å². The first kappa shape index (κ1) is 21.9. The minimum absolute atomic E-state index is 0.323. The maximum atomic E-state index is 13.3. The second-order valence-corrected chi connectivity index (χ2v) is 10.7. The summed E-state index contributed by atoms with van der Waals surface area (Å²) in [4.78, 5) is 13.1. The number of aliphatic hydroxyl groups excluding tert-OH is 1. The van der Waals surface area contributed by atoms with E-state index in [2.05, 4.69) is 6.07 Å². The Balaban J connectivity index is 1.57. The van der Waals surface area contributed by atoms with Crippen LogP contribution in [0.2, 0.25) is 0 Å². The number of carbonyl (C=O) groups excluding carboxylic acids is 1. The molecule has 4 rings (SSSR count). The van der Waals surface area contributed by atoms with Crippen molar-refractivity contribution in [2.75, 3.05) is 19.7 Å². The molecule has 0 atom stereocenters. The summed E-state index contributed by atoms with van der Waals surface area (Å²) in [6.07, 6.45) is 2.01. The van der Waals surface area contributed by atoms with E-state index in [1.54, 1.807) is 27.9 Å². The molecule has 2 aromatic carbocycles. The van der Waals surface area contributed by atoms with Gasteiger partial charge in [-0.15, -0.1) is 11.3 Å². The number of sulfonamides is 1. The van der Waals surface area contributed by atoms with E-state index in [9.17, 15) is 13.2 Å². The second kappa shape index (κ2) is 9.04. The van der Waals surface area contributed by atoms with E-state index in [4.69, 9.17) is 5.11 Å². The van der Waals surface area contributed by atoms with Crippen LogP contribution in [0.1, 0.15) is 33.5 Å². The van der Waals surface area contributed by atoms with Gasteiger partial charge in [-0.05, 0) is 55.0 Å². The van der Waals surface area contributed by atoms with Gasteiger partial charge in [0.25, 0.3) is 0 Å². The van der Waals surface area contributed by atoms with Gasteiger partial charge in [-0.1, -0.05) is 42.0 Å². The molecule has 1 aromatic heterocycles. The number of hydrogen-bond donors (Lipinski definition) is 1. The number of carbonyl (C=O) groups is 1.